The molecule has 9 N–H and O–H groups in total. The lowest BCUT2D eigenvalue weighted by atomic mass is 9.96. The molecule has 0 spiro atoms. The topological polar surface area (TPSA) is 328 Å². The lowest BCUT2D eigenvalue weighted by Crippen LogP contribution is -2.66. The molecule has 2 saturated heterocycles. The van der Waals surface area contributed by atoms with Crippen molar-refractivity contribution < 1.29 is 97.9 Å². The Morgan fingerprint density at radius 1 is 0.729 bits per heavy atom. The molecule has 2 fully saturated rings. The zero-order valence-corrected chi connectivity index (χ0v) is 30.5. The summed E-state index contributed by atoms with van der Waals surface area (Å²) < 4.78 is 43.9. The molecule has 0 radical (unpaired) electrons. The highest BCUT2D eigenvalue weighted by molar-refractivity contribution is 5.87. The van der Waals surface area contributed by atoms with Gasteiger partial charge in [0, 0.05) is 29.8 Å². The largest absolute Gasteiger partial charge is 0.508 e. The normalized spacial score (nSPS) is 26.9. The first kappa shape index (κ1) is 42.2. The molecule has 21 heteroatoms. The summed E-state index contributed by atoms with van der Waals surface area (Å²) in [4.78, 5) is 50.2. The third kappa shape index (κ3) is 8.71. The number of carboxylic acids is 2. The van der Waals surface area contributed by atoms with E-state index in [0.717, 1.165) is 24.3 Å². The molecule has 0 saturated carbocycles. The highest BCUT2D eigenvalue weighted by Crippen LogP contribution is 2.41. The fourth-order valence-corrected chi connectivity index (χ4v) is 6.26. The number of aliphatic hydroxyl groups is 4. The molecule has 2 aliphatic heterocycles. The average molecular weight is 829 g/mol. The van der Waals surface area contributed by atoms with Gasteiger partial charge in [-0.2, -0.15) is 0 Å². The first-order valence-corrected chi connectivity index (χ1v) is 17.3. The molecule has 59 heavy (non-hydrogen) atoms. The van der Waals surface area contributed by atoms with E-state index in [-0.39, 0.29) is 45.3 Å². The Kier molecular flexibility index (Phi) is 12.3. The van der Waals surface area contributed by atoms with Crippen LogP contribution < -0.4 is 19.6 Å². The number of phenols is 3. The van der Waals surface area contributed by atoms with E-state index in [4.69, 9.17) is 37.6 Å². The molecule has 2 aliphatic rings. The highest BCUT2D eigenvalue weighted by Gasteiger charge is 2.55. The Balaban J connectivity index is 1.35. The van der Waals surface area contributed by atoms with Crippen molar-refractivity contribution in [1.29, 1.82) is 0 Å². The summed E-state index contributed by atoms with van der Waals surface area (Å²) in [6.45, 7) is 0. The van der Waals surface area contributed by atoms with Crippen LogP contribution >= 0.6 is 0 Å². The molecule has 0 amide bonds. The van der Waals surface area contributed by atoms with Crippen molar-refractivity contribution in [2.75, 3.05) is 14.2 Å². The van der Waals surface area contributed by atoms with Crippen LogP contribution in [0, 0.1) is 0 Å². The number of phenolic OH excluding ortho intramolecular Hbond substituents is 3. The maximum absolute atomic E-state index is 13.2. The second-order valence-electron chi connectivity index (χ2n) is 13.1. The molecule has 0 aliphatic carbocycles. The van der Waals surface area contributed by atoms with Gasteiger partial charge in [0.1, 0.15) is 58.4 Å². The molecular weight excluding hydrogens is 792 g/mol. The third-order valence-electron chi connectivity index (χ3n) is 9.23. The van der Waals surface area contributed by atoms with Gasteiger partial charge in [0.2, 0.25) is 12.0 Å². The molecule has 3 aromatic carbocycles. The molecule has 314 valence electrons. The number of hydrogen-bond acceptors (Lipinski definition) is 19. The predicted octanol–water partition coefficient (Wildman–Crippen LogP) is 0.0458. The van der Waals surface area contributed by atoms with Gasteiger partial charge in [0.25, 0.3) is 0 Å². The van der Waals surface area contributed by atoms with Gasteiger partial charge in [0.05, 0.1) is 14.2 Å². The van der Waals surface area contributed by atoms with Gasteiger partial charge in [0.15, 0.2) is 47.6 Å². The van der Waals surface area contributed by atoms with Crippen molar-refractivity contribution in [1.82, 2.24) is 0 Å². The van der Waals surface area contributed by atoms with Crippen molar-refractivity contribution in [3.8, 4) is 45.8 Å². The number of aromatic hydroxyl groups is 3. The minimum absolute atomic E-state index is 0.0440. The number of carboxylic acid groups (broad SMARTS) is 2. The Morgan fingerprint density at radius 3 is 1.88 bits per heavy atom. The monoisotopic (exact) mass is 828 g/mol. The van der Waals surface area contributed by atoms with Crippen LogP contribution in [0.15, 0.2) is 69.9 Å². The van der Waals surface area contributed by atoms with Crippen LogP contribution in [0.25, 0.3) is 28.4 Å². The number of esters is 1. The third-order valence-corrected chi connectivity index (χ3v) is 9.23. The first-order chi connectivity index (χ1) is 28.0. The summed E-state index contributed by atoms with van der Waals surface area (Å²) in [6, 6.07) is 11.2. The minimum Gasteiger partial charge on any atom is -0.508 e. The standard InChI is InChI=1S/C38H36O21/c1-52-22-9-15(10-23(53-2)26(22)43)20-13-19(41)25-18(40)11-17(12-21(25)55-20)54-37-34(30(47)28(45)31(57-37)35(48)49)59-38-33(29(46)27(44)32(58-38)36(50)51)56-24(42)8-5-14-3-6-16(39)7-4-14/h3-13,27-34,37-40,43-47H,1-2H3,(H,48,49)(H,50,51)/t27-,28-,29-,30-,31-,32-,33+,34+,37+,38-/m0/s1. The number of hydrogen-bond donors (Lipinski definition) is 9. The van der Waals surface area contributed by atoms with Crippen LogP contribution in [0.2, 0.25) is 0 Å². The van der Waals surface area contributed by atoms with Gasteiger partial charge in [-0.25, -0.2) is 14.4 Å². The van der Waals surface area contributed by atoms with Crippen LogP contribution in [-0.4, -0.2) is 139 Å². The molecule has 1 aromatic heterocycles. The van der Waals surface area contributed by atoms with Crippen LogP contribution in [0.5, 0.6) is 34.5 Å². The molecule has 0 unspecified atom stereocenters. The van der Waals surface area contributed by atoms with Crippen molar-refractivity contribution in [3.63, 3.8) is 0 Å². The number of fused-ring (bicyclic) bond motifs is 1. The first-order valence-electron chi connectivity index (χ1n) is 17.3. The molecule has 0 bridgehead atoms. The van der Waals surface area contributed by atoms with Gasteiger partial charge in [-0.3, -0.25) is 4.79 Å². The molecule has 6 rings (SSSR count). The predicted molar refractivity (Wildman–Crippen MR) is 193 cm³/mol. The maximum atomic E-state index is 13.2. The SMILES string of the molecule is COc1cc(-c2cc(=O)c3c(O)cc(O[C@@H]4O[C@H](C(=O)O)[C@@H](O)[C@H](O)[C@H]4O[C@@H]4O[C@H](C(=O)O)[C@@H](O)[C@H](O)[C@H]4OC(=O)C=Cc4ccc(O)cc4)cc3o2)cc(OC)c1O. The van der Waals surface area contributed by atoms with Gasteiger partial charge >= 0.3 is 17.9 Å². The Morgan fingerprint density at radius 2 is 1.31 bits per heavy atom. The summed E-state index contributed by atoms with van der Waals surface area (Å²) in [7, 11) is 2.54. The van der Waals surface area contributed by atoms with Crippen LogP contribution in [0.3, 0.4) is 0 Å². The van der Waals surface area contributed by atoms with Gasteiger partial charge < -0.3 is 83.5 Å². The van der Waals surface area contributed by atoms with E-state index in [9.17, 15) is 65.1 Å². The van der Waals surface area contributed by atoms with Crippen LogP contribution in [-0.2, 0) is 33.3 Å². The molecule has 4 aromatic rings. The fraction of sp³-hybridized carbons (Fsp3) is 0.316. The number of carbonyl (C=O) groups is 3. The number of carbonyl (C=O) groups excluding carboxylic acids is 1. The average Bonchev–Trinajstić information content (AvgIpc) is 3.19. The number of aliphatic carboxylic acids is 2. The van der Waals surface area contributed by atoms with E-state index >= 15 is 0 Å². The second-order valence-corrected chi connectivity index (χ2v) is 13.1. The lowest BCUT2D eigenvalue weighted by Gasteiger charge is -2.45. The summed E-state index contributed by atoms with van der Waals surface area (Å²) in [5.41, 5.74) is -0.476. The van der Waals surface area contributed by atoms with E-state index in [1.807, 2.05) is 0 Å². The van der Waals surface area contributed by atoms with Crippen LogP contribution in [0.1, 0.15) is 5.56 Å². The van der Waals surface area contributed by atoms with Crippen molar-refractivity contribution in [3.05, 3.63) is 76.5 Å². The number of aliphatic hydroxyl groups excluding tert-OH is 4. The molecular formula is C38H36O21. The van der Waals surface area contributed by atoms with Gasteiger partial charge in [-0.15, -0.1) is 0 Å². The van der Waals surface area contributed by atoms with Crippen molar-refractivity contribution >= 4 is 35.0 Å². The Labute approximate surface area is 330 Å². The van der Waals surface area contributed by atoms with Gasteiger partial charge in [-0.05, 0) is 35.9 Å². The quantitative estimate of drug-likeness (QED) is 0.0672. The summed E-state index contributed by atoms with van der Waals surface area (Å²) >= 11 is 0. The summed E-state index contributed by atoms with van der Waals surface area (Å²) in [5.74, 6) is -6.52. The van der Waals surface area contributed by atoms with E-state index in [0.29, 0.717) is 5.56 Å². The summed E-state index contributed by atoms with van der Waals surface area (Å²) in [6.07, 6.45) is -19.7. The van der Waals surface area contributed by atoms with Crippen LogP contribution in [0.4, 0.5) is 0 Å². The maximum Gasteiger partial charge on any atom is 0.335 e. The zero-order chi connectivity index (χ0) is 42.9. The summed E-state index contributed by atoms with van der Waals surface area (Å²) in [5, 5.41) is 93.3. The molecule has 3 heterocycles. The Hall–Kier alpha value is -6.46. The number of rotatable bonds is 12. The second kappa shape index (κ2) is 17.2. The van der Waals surface area contributed by atoms with Gasteiger partial charge in [-0.1, -0.05) is 12.1 Å². The molecule has 21 nitrogen and oxygen atoms in total. The number of methoxy groups -OCH3 is 2. The van der Waals surface area contributed by atoms with E-state index in [1.54, 1.807) is 0 Å². The smallest absolute Gasteiger partial charge is 0.335 e. The van der Waals surface area contributed by atoms with Crippen molar-refractivity contribution in [2.24, 2.45) is 0 Å². The number of ether oxygens (including phenoxy) is 7. The fourth-order valence-electron chi connectivity index (χ4n) is 6.26. The van der Waals surface area contributed by atoms with Crippen molar-refractivity contribution in [2.45, 2.75) is 61.4 Å². The lowest BCUT2D eigenvalue weighted by molar-refractivity contribution is -0.350. The zero-order valence-electron chi connectivity index (χ0n) is 30.5. The van der Waals surface area contributed by atoms with E-state index < -0.39 is 96.2 Å². The van der Waals surface area contributed by atoms with E-state index in [1.165, 1.54) is 56.7 Å². The minimum atomic E-state index is -2.27. The highest BCUT2D eigenvalue weighted by atomic mass is 16.8. The molecule has 10 atom stereocenters. The number of benzene rings is 3. The van der Waals surface area contributed by atoms with E-state index in [2.05, 4.69) is 0 Å². The Bertz CT molecular complexity index is 2280.